The van der Waals surface area contributed by atoms with Gasteiger partial charge in [-0.1, -0.05) is 11.8 Å². The summed E-state index contributed by atoms with van der Waals surface area (Å²) in [5.41, 5.74) is 4.97. The molecule has 0 saturated carbocycles. The number of terminal acetylenes is 2. The quantitative estimate of drug-likeness (QED) is 0.118. The highest BCUT2D eigenvalue weighted by molar-refractivity contribution is 7.70. The van der Waals surface area contributed by atoms with Gasteiger partial charge in [0.15, 0.2) is 5.65 Å². The molecule has 16 nitrogen and oxygen atoms in total. The van der Waals surface area contributed by atoms with Crippen LogP contribution in [-0.4, -0.2) is 50.3 Å². The Labute approximate surface area is 268 Å². The zero-order valence-electron chi connectivity index (χ0n) is 24.4. The maximum atomic E-state index is 13.4. The molecule has 46 heavy (non-hydrogen) atoms. The number of H-pyrrole nitrogens is 1. The number of rotatable bonds is 16. The molecule has 252 valence electrons. The SMILES string of the molecule is C#CCCCCC#Cc1cn([C@@H]2O[C@H](CC[P+]([O-])(OCCCCC#C)OP(=O)([O-])OP(=O)([O-])[O-])[C@H](O)C2P)c2nc(N)[nH]c(=O)c12. The number of nitrogens with one attached hydrogen (secondary N) is 1. The fraction of sp³-hybridized carbons (Fsp3) is 0.538. The van der Waals surface area contributed by atoms with Gasteiger partial charge in [0, 0.05) is 37.5 Å². The van der Waals surface area contributed by atoms with Gasteiger partial charge in [0.05, 0.1) is 37.6 Å². The molecule has 2 aromatic rings. The fourth-order valence-corrected chi connectivity index (χ4v) is 9.29. The Hall–Kier alpha value is -2.14. The van der Waals surface area contributed by atoms with Crippen LogP contribution in [0.25, 0.3) is 11.0 Å². The van der Waals surface area contributed by atoms with Crippen molar-refractivity contribution >= 4 is 49.8 Å². The van der Waals surface area contributed by atoms with Gasteiger partial charge >= 0.3 is 7.82 Å². The highest BCUT2D eigenvalue weighted by Crippen LogP contribution is 2.67. The van der Waals surface area contributed by atoms with E-state index in [0.717, 1.165) is 12.8 Å². The third kappa shape index (κ3) is 11.0. The van der Waals surface area contributed by atoms with Gasteiger partial charge in [0.2, 0.25) is 13.9 Å². The van der Waals surface area contributed by atoms with Crippen molar-refractivity contribution in [3.63, 3.8) is 0 Å². The number of hydrogen-bond acceptors (Lipinski definition) is 14. The molecule has 1 saturated heterocycles. The normalized spacial score (nSPS) is 22.3. The molecular formula is C26H33N4O12P4-3. The lowest BCUT2D eigenvalue weighted by Crippen LogP contribution is -2.30. The Bertz CT molecular complexity index is 1670. The highest BCUT2D eigenvalue weighted by atomic mass is 31.3. The second-order valence-electron chi connectivity index (χ2n) is 10.1. The smallest absolute Gasteiger partial charge is 0.314 e. The molecule has 0 bridgehead atoms. The average molecular weight is 717 g/mol. The molecule has 20 heteroatoms. The van der Waals surface area contributed by atoms with E-state index in [9.17, 15) is 38.6 Å². The maximum Gasteiger partial charge on any atom is 0.314 e. The molecule has 3 heterocycles. The lowest BCUT2D eigenvalue weighted by atomic mass is 10.1. The monoisotopic (exact) mass is 717 g/mol. The van der Waals surface area contributed by atoms with Crippen LogP contribution < -0.4 is 30.9 Å². The summed E-state index contributed by atoms with van der Waals surface area (Å²) in [6.45, 7) is -0.293. The van der Waals surface area contributed by atoms with Crippen LogP contribution in [0.15, 0.2) is 11.0 Å². The second kappa shape index (κ2) is 16.8. The van der Waals surface area contributed by atoms with Gasteiger partial charge in [-0.2, -0.15) is 4.98 Å². The second-order valence-corrected chi connectivity index (χ2v) is 15.9. The van der Waals surface area contributed by atoms with Crippen molar-refractivity contribution in [2.75, 3.05) is 18.5 Å². The molecule has 1 fully saturated rings. The Morgan fingerprint density at radius 3 is 2.48 bits per heavy atom. The number of aliphatic hydroxyl groups is 1. The maximum absolute atomic E-state index is 13.4. The summed E-state index contributed by atoms with van der Waals surface area (Å²) < 4.78 is 43.6. The van der Waals surface area contributed by atoms with Crippen LogP contribution in [0, 0.1) is 36.5 Å². The number of aliphatic hydroxyl groups excluding tert-OH is 1. The van der Waals surface area contributed by atoms with E-state index >= 15 is 0 Å². The molecule has 0 spiro atoms. The summed E-state index contributed by atoms with van der Waals surface area (Å²) in [6.07, 6.45) is 11.4. The predicted octanol–water partition coefficient (Wildman–Crippen LogP) is 0.0173. The van der Waals surface area contributed by atoms with Crippen LogP contribution in [0.1, 0.15) is 63.2 Å². The molecule has 3 rings (SSSR count). The zero-order valence-corrected chi connectivity index (χ0v) is 28.3. The molecule has 0 aromatic carbocycles. The summed E-state index contributed by atoms with van der Waals surface area (Å²) in [6, 6.07) is 0. The lowest BCUT2D eigenvalue weighted by molar-refractivity contribution is -0.339. The first-order valence-electron chi connectivity index (χ1n) is 13.9. The van der Waals surface area contributed by atoms with Gasteiger partial charge in [-0.3, -0.25) is 18.7 Å². The van der Waals surface area contributed by atoms with Crippen molar-refractivity contribution in [2.45, 2.75) is 75.5 Å². The summed E-state index contributed by atoms with van der Waals surface area (Å²) in [7, 11) is -14.3. The van der Waals surface area contributed by atoms with Gasteiger partial charge in [0.25, 0.3) is 5.56 Å². The summed E-state index contributed by atoms with van der Waals surface area (Å²) >= 11 is 0. The van der Waals surface area contributed by atoms with Crippen LogP contribution in [0.2, 0.25) is 0 Å². The van der Waals surface area contributed by atoms with Crippen LogP contribution >= 0.6 is 32.8 Å². The lowest BCUT2D eigenvalue weighted by Gasteiger charge is -2.38. The molecule has 0 radical (unpaired) electrons. The number of anilines is 1. The number of hydrogen-bond donors (Lipinski definition) is 3. The van der Waals surface area contributed by atoms with Gasteiger partial charge in [-0.25, -0.2) is 4.52 Å². The van der Waals surface area contributed by atoms with Crippen LogP contribution in [-0.2, 0) is 27.0 Å². The number of aromatic amines is 1. The molecule has 2 aromatic heterocycles. The molecule has 1 aliphatic rings. The first kappa shape index (κ1) is 38.3. The van der Waals surface area contributed by atoms with E-state index in [-0.39, 0.29) is 36.4 Å². The molecular weight excluding hydrogens is 684 g/mol. The van der Waals surface area contributed by atoms with Gasteiger partial charge < -0.3 is 44.3 Å². The summed E-state index contributed by atoms with van der Waals surface area (Å²) in [4.78, 5) is 66.7. The number of unbranched alkanes of at least 4 members (excludes halogenated alkanes) is 5. The van der Waals surface area contributed by atoms with Crippen molar-refractivity contribution in [2.24, 2.45) is 0 Å². The van der Waals surface area contributed by atoms with Crippen molar-refractivity contribution in [3.8, 4) is 36.5 Å². The minimum atomic E-state index is -6.08. The molecule has 0 amide bonds. The van der Waals surface area contributed by atoms with Crippen molar-refractivity contribution < 1.29 is 51.7 Å². The fourth-order valence-electron chi connectivity index (χ4n) is 4.55. The van der Waals surface area contributed by atoms with E-state index in [4.69, 9.17) is 27.8 Å². The third-order valence-electron chi connectivity index (χ3n) is 6.60. The van der Waals surface area contributed by atoms with Crippen LogP contribution in [0.3, 0.4) is 0 Å². The minimum absolute atomic E-state index is 0.122. The number of nitrogens with zero attached hydrogens (tertiary/aromatic N) is 2. The molecule has 4 N–H and O–H groups in total. The predicted molar refractivity (Wildman–Crippen MR) is 165 cm³/mol. The summed E-state index contributed by atoms with van der Waals surface area (Å²) in [5, 5.41) is 11.2. The van der Waals surface area contributed by atoms with E-state index in [2.05, 4.69) is 51.5 Å². The standard InChI is InChI=1S/C26H36N4O12P4/c1-3-5-7-9-10-11-13-18-17-30(23-20(18)24(32)29-26(27)28-23)25-22(43)21(31)19(40-25)14-16-44(33,39-15-12-8-6-4-2)41-46(37,38)42-45(34,35)36/h1-2,17,19,21-22,25,31H,5-10,12,14-16,43H2,(H,37,38)(H2,34,35,36)(H3,27,28,29,32)/p-3/t19-,21+,22?,25-,44?/m1/s1. The molecule has 1 aliphatic heterocycles. The Morgan fingerprint density at radius 1 is 1.17 bits per heavy atom. The van der Waals surface area contributed by atoms with E-state index < -0.39 is 59.4 Å². The van der Waals surface area contributed by atoms with E-state index in [1.54, 1.807) is 0 Å². The van der Waals surface area contributed by atoms with Crippen molar-refractivity contribution in [1.82, 2.24) is 14.5 Å². The van der Waals surface area contributed by atoms with Gasteiger partial charge in [-0.05, 0) is 25.7 Å². The number of phosphoric acid groups is 2. The third-order valence-corrected chi connectivity index (χ3v) is 12.1. The molecule has 0 aliphatic carbocycles. The first-order chi connectivity index (χ1) is 21.6. The largest absolute Gasteiger partial charge is 0.790 e. The average Bonchev–Trinajstić information content (AvgIpc) is 3.44. The van der Waals surface area contributed by atoms with Gasteiger partial charge in [0.1, 0.15) is 12.4 Å². The highest BCUT2D eigenvalue weighted by Gasteiger charge is 2.45. The number of ether oxygens (including phenoxy) is 1. The molecule has 4 unspecified atom stereocenters. The first-order valence-corrected chi connectivity index (χ1v) is 19.3. The van der Waals surface area contributed by atoms with Crippen LogP contribution in [0.4, 0.5) is 5.95 Å². The van der Waals surface area contributed by atoms with Gasteiger partial charge in [-0.15, -0.1) is 38.2 Å². The van der Waals surface area contributed by atoms with Crippen molar-refractivity contribution in [1.29, 1.82) is 0 Å². The molecule has 7 atom stereocenters. The Kier molecular flexibility index (Phi) is 14.0. The topological polar surface area (TPSA) is 260 Å². The van der Waals surface area contributed by atoms with E-state index in [1.165, 1.54) is 10.8 Å². The number of fused-ring (bicyclic) bond motifs is 1. The van der Waals surface area contributed by atoms with E-state index in [0.29, 0.717) is 31.2 Å². The Morgan fingerprint density at radius 2 is 1.83 bits per heavy atom. The van der Waals surface area contributed by atoms with E-state index in [1.807, 2.05) is 0 Å². The number of aromatic nitrogens is 3. The minimum Gasteiger partial charge on any atom is -0.790 e. The van der Waals surface area contributed by atoms with Crippen LogP contribution in [0.5, 0.6) is 0 Å². The van der Waals surface area contributed by atoms with Crippen molar-refractivity contribution in [3.05, 3.63) is 22.1 Å². The summed E-state index contributed by atoms with van der Waals surface area (Å²) in [5.74, 6) is 10.7. The Balaban J connectivity index is 1.84. The number of nitrogen functional groups attached to an aromatic ring is 1. The number of nitrogens with two attached hydrogens (primary N) is 1. The zero-order chi connectivity index (χ0) is 34.1.